The molecule has 4 aromatic rings. The van der Waals surface area contributed by atoms with Crippen LogP contribution in [0.2, 0.25) is 0 Å². The Kier molecular flexibility index (Phi) is 6.68. The molecule has 3 heterocycles. The first-order chi connectivity index (χ1) is 18.5. The number of fused-ring (bicyclic) bond motifs is 1. The van der Waals surface area contributed by atoms with Crippen LogP contribution in [0, 0.1) is 20.8 Å². The van der Waals surface area contributed by atoms with E-state index in [9.17, 15) is 0 Å². The Morgan fingerprint density at radius 1 is 0.895 bits per heavy atom. The number of aryl methyl sites for hydroxylation is 3. The summed E-state index contributed by atoms with van der Waals surface area (Å²) in [5, 5.41) is 3.55. The number of piperazine rings is 1. The Morgan fingerprint density at radius 2 is 1.63 bits per heavy atom. The molecule has 1 atom stereocenters. The molecule has 1 saturated heterocycles. The molecule has 0 spiro atoms. The molecule has 0 bridgehead atoms. The van der Waals surface area contributed by atoms with Crippen LogP contribution in [0.15, 0.2) is 78.8 Å². The summed E-state index contributed by atoms with van der Waals surface area (Å²) in [5.41, 5.74) is 7.92. The third-order valence-corrected chi connectivity index (χ3v) is 7.79. The topological polar surface area (TPSA) is 51.6 Å². The molecule has 196 valence electrons. The zero-order chi connectivity index (χ0) is 26.1. The van der Waals surface area contributed by atoms with Crippen LogP contribution in [-0.4, -0.2) is 47.4 Å². The van der Waals surface area contributed by atoms with Crippen molar-refractivity contribution in [1.82, 2.24) is 19.8 Å². The number of aromatic nitrogens is 2. The molecule has 6 nitrogen and oxygen atoms in total. The number of benzene rings is 3. The molecule has 6 heteroatoms. The maximum absolute atomic E-state index is 5.99. The van der Waals surface area contributed by atoms with Gasteiger partial charge in [-0.3, -0.25) is 4.90 Å². The summed E-state index contributed by atoms with van der Waals surface area (Å²) in [6.07, 6.45) is 2.42. The molecule has 1 fully saturated rings. The third-order valence-electron chi connectivity index (χ3n) is 7.79. The molecule has 1 N–H and O–H groups in total. The van der Waals surface area contributed by atoms with Gasteiger partial charge in [-0.15, -0.1) is 0 Å². The van der Waals surface area contributed by atoms with Crippen LogP contribution in [0.1, 0.15) is 40.1 Å². The lowest BCUT2D eigenvalue weighted by molar-refractivity contribution is 0.0510. The van der Waals surface area contributed by atoms with Crippen LogP contribution in [0.25, 0.3) is 11.0 Å². The molecular weight excluding hydrogens is 472 g/mol. The maximum Gasteiger partial charge on any atom is 0.229 e. The first-order valence-electron chi connectivity index (χ1n) is 13.5. The van der Waals surface area contributed by atoms with Crippen molar-refractivity contribution in [2.24, 2.45) is 0 Å². The molecule has 1 aromatic heterocycles. The highest BCUT2D eigenvalue weighted by Crippen LogP contribution is 2.43. The summed E-state index contributed by atoms with van der Waals surface area (Å²) in [6.45, 7) is 11.2. The fourth-order valence-corrected chi connectivity index (χ4v) is 6.13. The summed E-state index contributed by atoms with van der Waals surface area (Å²) < 4.78 is 14.0. The fourth-order valence-electron chi connectivity index (χ4n) is 6.13. The van der Waals surface area contributed by atoms with Crippen molar-refractivity contribution in [3.63, 3.8) is 0 Å². The highest BCUT2D eigenvalue weighted by Gasteiger charge is 2.46. The monoisotopic (exact) mass is 508 g/mol. The summed E-state index contributed by atoms with van der Waals surface area (Å²) in [6, 6.07) is 24.3. The normalized spacial score (nSPS) is 17.6. The number of imidazole rings is 1. The van der Waals surface area contributed by atoms with Crippen LogP contribution in [0.3, 0.4) is 0 Å². The molecule has 2 aliphatic heterocycles. The molecule has 0 aliphatic carbocycles. The Labute approximate surface area is 224 Å². The third kappa shape index (κ3) is 4.59. The van der Waals surface area contributed by atoms with Gasteiger partial charge in [0.05, 0.1) is 11.0 Å². The Morgan fingerprint density at radius 3 is 2.34 bits per heavy atom. The minimum atomic E-state index is -0.535. The SMILES string of the molecule is Cc1ccc(C(CC2=COCO2)(c2nc3ccccc3n2Cc2cc(C)cc(C)c2)N2CCNCC2)cc1. The first-order valence-corrected chi connectivity index (χ1v) is 13.5. The van der Waals surface area contributed by atoms with Gasteiger partial charge in [-0.05, 0) is 44.0 Å². The van der Waals surface area contributed by atoms with Gasteiger partial charge in [-0.1, -0.05) is 71.3 Å². The molecule has 1 unspecified atom stereocenters. The van der Waals surface area contributed by atoms with Gasteiger partial charge >= 0.3 is 0 Å². The van der Waals surface area contributed by atoms with Crippen molar-refractivity contribution in [2.75, 3.05) is 33.0 Å². The molecule has 0 amide bonds. The molecule has 0 radical (unpaired) electrons. The molecule has 38 heavy (non-hydrogen) atoms. The van der Waals surface area contributed by atoms with E-state index >= 15 is 0 Å². The van der Waals surface area contributed by atoms with Crippen molar-refractivity contribution in [3.05, 3.63) is 112 Å². The van der Waals surface area contributed by atoms with E-state index < -0.39 is 5.54 Å². The van der Waals surface area contributed by atoms with Crippen molar-refractivity contribution >= 4 is 11.0 Å². The number of rotatable bonds is 7. The largest absolute Gasteiger partial charge is 0.462 e. The van der Waals surface area contributed by atoms with E-state index in [1.165, 1.54) is 27.8 Å². The first kappa shape index (κ1) is 24.7. The Balaban J connectivity index is 1.62. The smallest absolute Gasteiger partial charge is 0.229 e. The Hall–Kier alpha value is -3.61. The number of hydrogen-bond donors (Lipinski definition) is 1. The van der Waals surface area contributed by atoms with E-state index in [2.05, 4.69) is 102 Å². The lowest BCUT2D eigenvalue weighted by atomic mass is 9.81. The van der Waals surface area contributed by atoms with Crippen molar-refractivity contribution in [3.8, 4) is 0 Å². The standard InChI is InChI=1S/C32H36N4O2/c1-23-8-10-27(11-9-23)32(19-28-21-37-22-38-28,35-14-12-33-13-15-35)31-34-29-6-4-5-7-30(29)36(31)20-26-17-24(2)16-25(3)18-26/h4-11,16-18,21,33H,12-15,19-20,22H2,1-3H3. The van der Waals surface area contributed by atoms with Crippen LogP contribution in [-0.2, 0) is 21.6 Å². The van der Waals surface area contributed by atoms with E-state index in [4.69, 9.17) is 14.5 Å². The van der Waals surface area contributed by atoms with E-state index in [-0.39, 0.29) is 6.79 Å². The van der Waals surface area contributed by atoms with Crippen molar-refractivity contribution in [2.45, 2.75) is 39.3 Å². The second-order valence-electron chi connectivity index (χ2n) is 10.7. The van der Waals surface area contributed by atoms with Gasteiger partial charge in [0, 0.05) is 39.1 Å². The molecular formula is C32H36N4O2. The zero-order valence-electron chi connectivity index (χ0n) is 22.5. The number of nitrogens with zero attached hydrogens (tertiary/aromatic N) is 3. The maximum atomic E-state index is 5.99. The van der Waals surface area contributed by atoms with E-state index in [1.54, 1.807) is 6.26 Å². The lowest BCUT2D eigenvalue weighted by Gasteiger charge is -2.46. The van der Waals surface area contributed by atoms with Gasteiger partial charge in [0.15, 0.2) is 0 Å². The minimum absolute atomic E-state index is 0.264. The van der Waals surface area contributed by atoms with Crippen LogP contribution < -0.4 is 5.32 Å². The highest BCUT2D eigenvalue weighted by molar-refractivity contribution is 5.76. The van der Waals surface area contributed by atoms with Gasteiger partial charge in [-0.2, -0.15) is 0 Å². The van der Waals surface area contributed by atoms with Gasteiger partial charge < -0.3 is 19.4 Å². The number of para-hydroxylation sites is 2. The summed E-state index contributed by atoms with van der Waals surface area (Å²) >= 11 is 0. The minimum Gasteiger partial charge on any atom is -0.462 e. The fraction of sp³-hybridized carbons (Fsp3) is 0.344. The van der Waals surface area contributed by atoms with E-state index in [0.29, 0.717) is 6.42 Å². The average Bonchev–Trinajstić information content (AvgIpc) is 3.56. The van der Waals surface area contributed by atoms with Gasteiger partial charge in [-0.25, -0.2) is 4.98 Å². The Bertz CT molecular complexity index is 1450. The van der Waals surface area contributed by atoms with Crippen LogP contribution in [0.5, 0.6) is 0 Å². The van der Waals surface area contributed by atoms with Crippen LogP contribution >= 0.6 is 0 Å². The predicted molar refractivity (Wildman–Crippen MR) is 151 cm³/mol. The predicted octanol–water partition coefficient (Wildman–Crippen LogP) is 5.39. The molecule has 0 saturated carbocycles. The molecule has 3 aromatic carbocycles. The number of ether oxygens (including phenoxy) is 2. The summed E-state index contributed by atoms with van der Waals surface area (Å²) in [7, 11) is 0. The second-order valence-corrected chi connectivity index (χ2v) is 10.7. The summed E-state index contributed by atoms with van der Waals surface area (Å²) in [4.78, 5) is 8.01. The second kappa shape index (κ2) is 10.3. The lowest BCUT2D eigenvalue weighted by Crippen LogP contribution is -2.56. The van der Waals surface area contributed by atoms with E-state index in [1.807, 2.05) is 0 Å². The summed E-state index contributed by atoms with van der Waals surface area (Å²) in [5.74, 6) is 1.90. The van der Waals surface area contributed by atoms with Crippen molar-refractivity contribution in [1.29, 1.82) is 0 Å². The van der Waals surface area contributed by atoms with Gasteiger partial charge in [0.1, 0.15) is 23.4 Å². The zero-order valence-corrected chi connectivity index (χ0v) is 22.5. The quantitative estimate of drug-likeness (QED) is 0.363. The van der Waals surface area contributed by atoms with E-state index in [0.717, 1.165) is 55.3 Å². The van der Waals surface area contributed by atoms with Crippen molar-refractivity contribution < 1.29 is 9.47 Å². The number of hydrogen-bond acceptors (Lipinski definition) is 5. The number of nitrogens with one attached hydrogen (secondary N) is 1. The molecule has 2 aliphatic rings. The van der Waals surface area contributed by atoms with Gasteiger partial charge in [0.25, 0.3) is 0 Å². The average molecular weight is 509 g/mol. The highest BCUT2D eigenvalue weighted by atomic mass is 16.7. The van der Waals surface area contributed by atoms with Gasteiger partial charge in [0.2, 0.25) is 6.79 Å². The van der Waals surface area contributed by atoms with Crippen LogP contribution in [0.4, 0.5) is 0 Å². The molecule has 6 rings (SSSR count).